The molecule has 0 bridgehead atoms. The quantitative estimate of drug-likeness (QED) is 0.679. The number of aromatic nitrogens is 2. The number of H-pyrrole nitrogens is 1. The molecular formula is C19H20N2O8. The maximum Gasteiger partial charge on any atom is 0.338 e. The molecule has 29 heavy (non-hydrogen) atoms. The highest BCUT2D eigenvalue weighted by Gasteiger charge is 2.49. The standard InChI is InChI=1S/C19H20N2O8/c1-11(22)28-16-15(26-2)13(10-27-18(24)12-6-4-3-5-7-12)29-17(16)21-9-8-14(23)20-19(21)25/h3-9,13,15-17H,10H2,1-2H3,(H,20,23,25)/t13-,15+,16?,17-/m1/s1. The highest BCUT2D eigenvalue weighted by Crippen LogP contribution is 2.33. The average Bonchev–Trinajstić information content (AvgIpc) is 3.03. The van der Waals surface area contributed by atoms with Crippen LogP contribution in [0.2, 0.25) is 0 Å². The van der Waals surface area contributed by atoms with Crippen LogP contribution in [0.5, 0.6) is 0 Å². The van der Waals surface area contributed by atoms with Crippen molar-refractivity contribution in [2.45, 2.75) is 31.5 Å². The van der Waals surface area contributed by atoms with E-state index in [1.165, 1.54) is 20.2 Å². The van der Waals surface area contributed by atoms with Crippen molar-refractivity contribution in [1.82, 2.24) is 9.55 Å². The van der Waals surface area contributed by atoms with Crippen molar-refractivity contribution in [2.75, 3.05) is 13.7 Å². The fraction of sp³-hybridized carbons (Fsp3) is 0.368. The molecule has 0 saturated carbocycles. The Balaban J connectivity index is 1.82. The predicted octanol–water partition coefficient (Wildman–Crippen LogP) is 0.238. The van der Waals surface area contributed by atoms with E-state index in [4.69, 9.17) is 18.9 Å². The molecule has 1 aromatic carbocycles. The predicted molar refractivity (Wildman–Crippen MR) is 98.3 cm³/mol. The van der Waals surface area contributed by atoms with Crippen LogP contribution in [0.1, 0.15) is 23.5 Å². The molecular weight excluding hydrogens is 384 g/mol. The van der Waals surface area contributed by atoms with Gasteiger partial charge in [0.05, 0.1) is 5.56 Å². The molecule has 10 nitrogen and oxygen atoms in total. The minimum Gasteiger partial charge on any atom is -0.459 e. The Kier molecular flexibility index (Phi) is 6.25. The number of methoxy groups -OCH3 is 1. The molecule has 1 unspecified atom stereocenters. The molecule has 1 saturated heterocycles. The van der Waals surface area contributed by atoms with Gasteiger partial charge in [-0.15, -0.1) is 0 Å². The minimum atomic E-state index is -1.08. The number of rotatable bonds is 6. The van der Waals surface area contributed by atoms with Crippen LogP contribution in [0.25, 0.3) is 0 Å². The number of ether oxygens (including phenoxy) is 4. The Bertz CT molecular complexity index is 983. The summed E-state index contributed by atoms with van der Waals surface area (Å²) in [6.45, 7) is 1.01. The van der Waals surface area contributed by atoms with Crippen molar-refractivity contribution < 1.29 is 28.5 Å². The highest BCUT2D eigenvalue weighted by molar-refractivity contribution is 5.89. The van der Waals surface area contributed by atoms with Crippen LogP contribution in [0.15, 0.2) is 52.2 Å². The van der Waals surface area contributed by atoms with Gasteiger partial charge >= 0.3 is 17.6 Å². The first-order valence-corrected chi connectivity index (χ1v) is 8.80. The lowest BCUT2D eigenvalue weighted by molar-refractivity contribution is -0.156. The number of hydrogen-bond acceptors (Lipinski definition) is 8. The molecule has 1 aliphatic heterocycles. The zero-order chi connectivity index (χ0) is 21.0. The maximum atomic E-state index is 12.2. The molecule has 0 spiro atoms. The van der Waals surface area contributed by atoms with E-state index >= 15 is 0 Å². The smallest absolute Gasteiger partial charge is 0.338 e. The van der Waals surface area contributed by atoms with Gasteiger partial charge in [-0.05, 0) is 12.1 Å². The van der Waals surface area contributed by atoms with Gasteiger partial charge in [0, 0.05) is 26.3 Å². The van der Waals surface area contributed by atoms with Crippen LogP contribution in [0, 0.1) is 0 Å². The van der Waals surface area contributed by atoms with Crippen LogP contribution < -0.4 is 11.2 Å². The molecule has 10 heteroatoms. The number of nitrogens with one attached hydrogen (secondary N) is 1. The normalized spacial score (nSPS) is 23.5. The number of carbonyl (C=O) groups is 2. The maximum absolute atomic E-state index is 12.2. The lowest BCUT2D eigenvalue weighted by Crippen LogP contribution is -2.41. The summed E-state index contributed by atoms with van der Waals surface area (Å²) >= 11 is 0. The Labute approximate surface area is 165 Å². The molecule has 1 N–H and O–H groups in total. The Morgan fingerprint density at radius 2 is 1.86 bits per heavy atom. The van der Waals surface area contributed by atoms with Gasteiger partial charge in [0.1, 0.15) is 18.8 Å². The number of carbonyl (C=O) groups excluding carboxylic acids is 2. The zero-order valence-corrected chi connectivity index (χ0v) is 15.8. The molecule has 3 rings (SSSR count). The minimum absolute atomic E-state index is 0.196. The Morgan fingerprint density at radius 1 is 1.14 bits per heavy atom. The van der Waals surface area contributed by atoms with Gasteiger partial charge in [0.2, 0.25) is 0 Å². The van der Waals surface area contributed by atoms with Gasteiger partial charge < -0.3 is 18.9 Å². The fourth-order valence-electron chi connectivity index (χ4n) is 3.11. The summed E-state index contributed by atoms with van der Waals surface area (Å²) in [6.07, 6.45) is -2.48. The number of benzene rings is 1. The van der Waals surface area contributed by atoms with Crippen molar-refractivity contribution in [3.63, 3.8) is 0 Å². The molecule has 1 aliphatic rings. The summed E-state index contributed by atoms with van der Waals surface area (Å²) < 4.78 is 22.9. The molecule has 1 aromatic heterocycles. The van der Waals surface area contributed by atoms with Gasteiger partial charge in [0.25, 0.3) is 5.56 Å². The third-order valence-corrected chi connectivity index (χ3v) is 4.37. The van der Waals surface area contributed by atoms with E-state index in [2.05, 4.69) is 4.98 Å². The van der Waals surface area contributed by atoms with Crippen LogP contribution in [0.4, 0.5) is 0 Å². The number of hydrogen-bond donors (Lipinski definition) is 1. The van der Waals surface area contributed by atoms with Crippen LogP contribution in [0.3, 0.4) is 0 Å². The zero-order valence-electron chi connectivity index (χ0n) is 15.8. The third-order valence-electron chi connectivity index (χ3n) is 4.37. The van der Waals surface area contributed by atoms with Gasteiger partial charge in [-0.2, -0.15) is 0 Å². The highest BCUT2D eigenvalue weighted by atomic mass is 16.6. The second kappa shape index (κ2) is 8.84. The van der Waals surface area contributed by atoms with Gasteiger partial charge in [-0.1, -0.05) is 18.2 Å². The first-order chi connectivity index (χ1) is 13.9. The number of esters is 2. The fourth-order valence-corrected chi connectivity index (χ4v) is 3.11. The largest absolute Gasteiger partial charge is 0.459 e. The van der Waals surface area contributed by atoms with E-state index in [0.29, 0.717) is 5.56 Å². The molecule has 0 amide bonds. The summed E-state index contributed by atoms with van der Waals surface area (Å²) in [6, 6.07) is 9.53. The Morgan fingerprint density at radius 3 is 2.48 bits per heavy atom. The van der Waals surface area contributed by atoms with Crippen molar-refractivity contribution in [2.24, 2.45) is 0 Å². The van der Waals surface area contributed by atoms with E-state index in [-0.39, 0.29) is 6.61 Å². The van der Waals surface area contributed by atoms with Crippen LogP contribution in [-0.2, 0) is 23.7 Å². The van der Waals surface area contributed by atoms with E-state index in [1.807, 2.05) is 0 Å². The van der Waals surface area contributed by atoms with E-state index < -0.39 is 47.7 Å². The topological polar surface area (TPSA) is 126 Å². The lowest BCUT2D eigenvalue weighted by Gasteiger charge is -2.23. The second-order valence-electron chi connectivity index (χ2n) is 6.32. The first kappa shape index (κ1) is 20.5. The number of aromatic amines is 1. The van der Waals surface area contributed by atoms with E-state index in [0.717, 1.165) is 10.6 Å². The molecule has 0 radical (unpaired) electrons. The summed E-state index contributed by atoms with van der Waals surface area (Å²) in [5.41, 5.74) is -0.953. The molecule has 2 heterocycles. The van der Waals surface area contributed by atoms with Crippen LogP contribution in [-0.4, -0.2) is 53.5 Å². The van der Waals surface area contributed by atoms with Crippen molar-refractivity contribution in [3.8, 4) is 0 Å². The van der Waals surface area contributed by atoms with Gasteiger partial charge in [0.15, 0.2) is 12.3 Å². The first-order valence-electron chi connectivity index (χ1n) is 8.80. The lowest BCUT2D eigenvalue weighted by atomic mass is 10.1. The monoisotopic (exact) mass is 404 g/mol. The summed E-state index contributed by atoms with van der Waals surface area (Å²) in [5, 5.41) is 0. The van der Waals surface area contributed by atoms with Crippen molar-refractivity contribution in [3.05, 3.63) is 69.0 Å². The molecule has 4 atom stereocenters. The summed E-state index contributed by atoms with van der Waals surface area (Å²) in [5.74, 6) is -1.16. The third kappa shape index (κ3) is 4.61. The average molecular weight is 404 g/mol. The molecule has 1 fully saturated rings. The molecule has 2 aromatic rings. The van der Waals surface area contributed by atoms with Crippen LogP contribution >= 0.6 is 0 Å². The number of nitrogens with zero attached hydrogens (tertiary/aromatic N) is 1. The van der Waals surface area contributed by atoms with Crippen molar-refractivity contribution in [1.29, 1.82) is 0 Å². The van der Waals surface area contributed by atoms with E-state index in [9.17, 15) is 19.2 Å². The second-order valence-corrected chi connectivity index (χ2v) is 6.32. The summed E-state index contributed by atoms with van der Waals surface area (Å²) in [4.78, 5) is 49.4. The summed E-state index contributed by atoms with van der Waals surface area (Å²) in [7, 11) is 1.38. The molecule has 154 valence electrons. The van der Waals surface area contributed by atoms with Crippen molar-refractivity contribution >= 4 is 11.9 Å². The Hall–Kier alpha value is -3.24. The van der Waals surface area contributed by atoms with E-state index in [1.54, 1.807) is 30.3 Å². The SMILES string of the molecule is CO[C@@H]1C(OC(C)=O)[C@H](n2ccc(=O)[nH]c2=O)O[C@@H]1COC(=O)c1ccccc1. The van der Waals surface area contributed by atoms with Gasteiger partial charge in [-0.25, -0.2) is 9.59 Å². The molecule has 0 aliphatic carbocycles. The van der Waals surface area contributed by atoms with Gasteiger partial charge in [-0.3, -0.25) is 19.1 Å².